The quantitative estimate of drug-likeness (QED) is 0.148. The molecule has 7 aromatic rings. The molecule has 0 fully saturated rings. The molecule has 43 heavy (non-hydrogen) atoms. The Morgan fingerprint density at radius 2 is 1.00 bits per heavy atom. The number of fused-ring (bicyclic) bond motifs is 3. The molecule has 0 heteroatoms. The summed E-state index contributed by atoms with van der Waals surface area (Å²) in [6.45, 7) is 6.32. The normalized spacial score (nSPS) is 12.1. The van der Waals surface area contributed by atoms with Crippen LogP contribution in [0.1, 0.15) is 25.0 Å². The van der Waals surface area contributed by atoms with E-state index in [-0.39, 0.29) is 0 Å². The van der Waals surface area contributed by atoms with E-state index in [0.717, 1.165) is 0 Å². The molecule has 0 radical (unpaired) electrons. The summed E-state index contributed by atoms with van der Waals surface area (Å²) in [7, 11) is 0. The van der Waals surface area contributed by atoms with Gasteiger partial charge in [-0.05, 0) is 104 Å². The molecular formula is C43H34. The van der Waals surface area contributed by atoms with Crippen molar-refractivity contribution < 1.29 is 0 Å². The van der Waals surface area contributed by atoms with E-state index >= 15 is 0 Å². The maximum Gasteiger partial charge on any atom is -0.00201 e. The van der Waals surface area contributed by atoms with Crippen LogP contribution in [0.4, 0.5) is 0 Å². The molecule has 0 aliphatic rings. The van der Waals surface area contributed by atoms with Crippen molar-refractivity contribution in [2.24, 2.45) is 0 Å². The maximum absolute atomic E-state index is 2.34. The van der Waals surface area contributed by atoms with Crippen molar-refractivity contribution in [3.63, 3.8) is 0 Å². The summed E-state index contributed by atoms with van der Waals surface area (Å²) >= 11 is 0. The second kappa shape index (κ2) is 11.2. The molecule has 7 aromatic carbocycles. The van der Waals surface area contributed by atoms with Gasteiger partial charge in [0, 0.05) is 0 Å². The summed E-state index contributed by atoms with van der Waals surface area (Å²) in [5, 5.41) is 7.64. The molecule has 0 saturated heterocycles. The van der Waals surface area contributed by atoms with E-state index in [0.29, 0.717) is 0 Å². The lowest BCUT2D eigenvalue weighted by Gasteiger charge is -2.19. The molecule has 0 aliphatic heterocycles. The Balaban J connectivity index is 1.54. The minimum absolute atomic E-state index is 1.23. The van der Waals surface area contributed by atoms with E-state index in [4.69, 9.17) is 0 Å². The first-order valence-electron chi connectivity index (χ1n) is 15.1. The fourth-order valence-corrected chi connectivity index (χ4v) is 6.64. The molecule has 0 aliphatic carbocycles. The van der Waals surface area contributed by atoms with E-state index in [1.807, 2.05) is 0 Å². The van der Waals surface area contributed by atoms with Gasteiger partial charge in [0.15, 0.2) is 0 Å². The lowest BCUT2D eigenvalue weighted by atomic mass is 9.83. The van der Waals surface area contributed by atoms with Gasteiger partial charge in [-0.15, -0.1) is 0 Å². The smallest absolute Gasteiger partial charge is 0.00201 e. The minimum Gasteiger partial charge on any atom is -0.0871 e. The van der Waals surface area contributed by atoms with Crippen LogP contribution in [0.2, 0.25) is 0 Å². The molecule has 0 nitrogen and oxygen atoms in total. The highest BCUT2D eigenvalue weighted by molar-refractivity contribution is 6.24. The molecule has 0 bridgehead atoms. The zero-order chi connectivity index (χ0) is 29.3. The van der Waals surface area contributed by atoms with Crippen LogP contribution in [0, 0.1) is 6.92 Å². The topological polar surface area (TPSA) is 0 Å². The number of allylic oxidation sites excluding steroid dienone is 4. The first-order chi connectivity index (χ1) is 21.2. The van der Waals surface area contributed by atoms with E-state index in [2.05, 4.69) is 172 Å². The average Bonchev–Trinajstić information content (AvgIpc) is 3.06. The summed E-state index contributed by atoms with van der Waals surface area (Å²) in [4.78, 5) is 0. The Hall–Kier alpha value is -5.20. The molecule has 0 unspecified atom stereocenters. The fourth-order valence-electron chi connectivity index (χ4n) is 6.64. The Kier molecular flexibility index (Phi) is 6.97. The van der Waals surface area contributed by atoms with Gasteiger partial charge in [0.2, 0.25) is 0 Å². The van der Waals surface area contributed by atoms with E-state index < -0.39 is 0 Å². The molecule has 0 spiro atoms. The summed E-state index contributed by atoms with van der Waals surface area (Å²) in [5.74, 6) is 0. The van der Waals surface area contributed by atoms with Crippen LogP contribution < -0.4 is 0 Å². The van der Waals surface area contributed by atoms with Crippen LogP contribution >= 0.6 is 0 Å². The third-order valence-electron chi connectivity index (χ3n) is 8.63. The second-order valence-corrected chi connectivity index (χ2v) is 11.2. The van der Waals surface area contributed by atoms with E-state index in [1.165, 1.54) is 82.4 Å². The van der Waals surface area contributed by atoms with Crippen LogP contribution in [0.15, 0.2) is 152 Å². The zero-order valence-corrected chi connectivity index (χ0v) is 24.9. The van der Waals surface area contributed by atoms with Gasteiger partial charge in [0.1, 0.15) is 0 Å². The maximum atomic E-state index is 2.34. The third-order valence-corrected chi connectivity index (χ3v) is 8.63. The van der Waals surface area contributed by atoms with Gasteiger partial charge in [-0.25, -0.2) is 0 Å². The van der Waals surface area contributed by atoms with E-state index in [1.54, 1.807) is 0 Å². The molecule has 0 amide bonds. The molecule has 206 valence electrons. The van der Waals surface area contributed by atoms with Crippen molar-refractivity contribution in [2.45, 2.75) is 20.8 Å². The predicted molar refractivity (Wildman–Crippen MR) is 188 cm³/mol. The van der Waals surface area contributed by atoms with Crippen molar-refractivity contribution >= 4 is 37.9 Å². The van der Waals surface area contributed by atoms with Crippen molar-refractivity contribution in [3.8, 4) is 33.4 Å². The Morgan fingerprint density at radius 3 is 1.60 bits per heavy atom. The highest BCUT2D eigenvalue weighted by Gasteiger charge is 2.18. The zero-order valence-electron chi connectivity index (χ0n) is 24.9. The number of aryl methyl sites for hydroxylation is 1. The first-order valence-corrected chi connectivity index (χ1v) is 15.1. The highest BCUT2D eigenvalue weighted by Crippen LogP contribution is 2.46. The van der Waals surface area contributed by atoms with Crippen molar-refractivity contribution in [3.05, 3.63) is 163 Å². The summed E-state index contributed by atoms with van der Waals surface area (Å²) in [6.07, 6.45) is 6.48. The summed E-state index contributed by atoms with van der Waals surface area (Å²) in [6, 6.07) is 49.2. The highest BCUT2D eigenvalue weighted by atomic mass is 14.2. The van der Waals surface area contributed by atoms with Crippen molar-refractivity contribution in [1.82, 2.24) is 0 Å². The summed E-state index contributed by atoms with van der Waals surface area (Å²) in [5.41, 5.74) is 11.3. The lowest BCUT2D eigenvalue weighted by Crippen LogP contribution is -1.92. The van der Waals surface area contributed by atoms with Gasteiger partial charge in [-0.1, -0.05) is 151 Å². The first kappa shape index (κ1) is 26.7. The van der Waals surface area contributed by atoms with Crippen molar-refractivity contribution in [2.75, 3.05) is 0 Å². The minimum atomic E-state index is 1.23. The van der Waals surface area contributed by atoms with Crippen LogP contribution in [-0.4, -0.2) is 0 Å². The van der Waals surface area contributed by atoms with Gasteiger partial charge < -0.3 is 0 Å². The van der Waals surface area contributed by atoms with Crippen LogP contribution in [-0.2, 0) is 0 Å². The SMILES string of the molecule is C/C=C/C(=C\C)c1cccc(-c2c3ccccc3c(-c3cccc4c(-c5ccc(C)cc5)cccc34)c3ccccc23)c1. The van der Waals surface area contributed by atoms with Crippen LogP contribution in [0.5, 0.6) is 0 Å². The molecule has 7 rings (SSSR count). The number of rotatable bonds is 5. The third kappa shape index (κ3) is 4.66. The monoisotopic (exact) mass is 550 g/mol. The van der Waals surface area contributed by atoms with Gasteiger partial charge in [0.05, 0.1) is 0 Å². The largest absolute Gasteiger partial charge is 0.0871 e. The molecule has 0 aromatic heterocycles. The number of hydrogen-bond acceptors (Lipinski definition) is 0. The number of benzene rings is 7. The van der Waals surface area contributed by atoms with Crippen molar-refractivity contribution in [1.29, 1.82) is 0 Å². The molecular weight excluding hydrogens is 516 g/mol. The van der Waals surface area contributed by atoms with Gasteiger partial charge in [-0.3, -0.25) is 0 Å². The molecule has 0 heterocycles. The molecule has 0 saturated carbocycles. The average molecular weight is 551 g/mol. The van der Waals surface area contributed by atoms with Crippen LogP contribution in [0.3, 0.4) is 0 Å². The predicted octanol–water partition coefficient (Wildman–Crippen LogP) is 12.4. The second-order valence-electron chi connectivity index (χ2n) is 11.2. The Labute approximate surface area is 254 Å². The van der Waals surface area contributed by atoms with Gasteiger partial charge in [0.25, 0.3) is 0 Å². The van der Waals surface area contributed by atoms with E-state index in [9.17, 15) is 0 Å². The fraction of sp³-hybridized carbons (Fsp3) is 0.0698. The number of hydrogen-bond donors (Lipinski definition) is 0. The Bertz CT molecular complexity index is 2130. The molecule has 0 atom stereocenters. The van der Waals surface area contributed by atoms with Gasteiger partial charge in [-0.2, -0.15) is 0 Å². The Morgan fingerprint density at radius 1 is 0.465 bits per heavy atom. The summed E-state index contributed by atoms with van der Waals surface area (Å²) < 4.78 is 0. The van der Waals surface area contributed by atoms with Gasteiger partial charge >= 0.3 is 0 Å². The lowest BCUT2D eigenvalue weighted by molar-refractivity contribution is 1.47. The standard InChI is InChI=1S/C43H34/c1-4-13-30(5-2)32-14-10-15-33(28-32)42-38-16-6-8-18-40(38)43(41-19-9-7-17-39(41)42)37-23-12-21-35-34(20-11-22-36(35)37)31-26-24-29(3)25-27-31/h4-28H,1-3H3/b13-4+,30-5+. The van der Waals surface area contributed by atoms with Crippen LogP contribution in [0.25, 0.3) is 71.3 Å². The molecule has 0 N–H and O–H groups in total.